The number of nitrogens with one attached hydrogen (secondary N) is 1. The number of hydrogen-bond acceptors (Lipinski definition) is 2. The fourth-order valence-corrected chi connectivity index (χ4v) is 1.89. The van der Waals surface area contributed by atoms with Gasteiger partial charge in [-0.3, -0.25) is 4.79 Å². The monoisotopic (exact) mass is 231 g/mol. The smallest absolute Gasteiger partial charge is 0.253 e. The van der Waals surface area contributed by atoms with E-state index in [1.54, 1.807) is 13.2 Å². The molecule has 90 valence electrons. The first-order valence-corrected chi connectivity index (χ1v) is 5.64. The lowest BCUT2D eigenvalue weighted by molar-refractivity contribution is 0.0964. The third kappa shape index (κ3) is 1.90. The zero-order chi connectivity index (χ0) is 12.6. The lowest BCUT2D eigenvalue weighted by atomic mass is 10.1. The minimum atomic E-state index is -0.0983. The molecule has 0 aromatic carbocycles. The molecule has 0 spiro atoms. The van der Waals surface area contributed by atoms with Gasteiger partial charge in [0.25, 0.3) is 5.91 Å². The van der Waals surface area contributed by atoms with Gasteiger partial charge in [0, 0.05) is 30.4 Å². The van der Waals surface area contributed by atoms with Gasteiger partial charge in [0.05, 0.1) is 5.56 Å². The van der Waals surface area contributed by atoms with E-state index in [4.69, 9.17) is 0 Å². The summed E-state index contributed by atoms with van der Waals surface area (Å²) in [5.41, 5.74) is 1.42. The van der Waals surface area contributed by atoms with E-state index in [-0.39, 0.29) is 11.4 Å². The normalized spacial score (nSPS) is 11.8. The van der Waals surface area contributed by atoms with Crippen LogP contribution in [0, 0.1) is 0 Å². The van der Waals surface area contributed by atoms with Gasteiger partial charge in [0.1, 0.15) is 5.65 Å². The number of aromatic nitrogens is 2. The van der Waals surface area contributed by atoms with Crippen molar-refractivity contribution in [1.82, 2.24) is 14.9 Å². The van der Waals surface area contributed by atoms with Crippen molar-refractivity contribution >= 4 is 16.9 Å². The average Bonchev–Trinajstić information content (AvgIpc) is 2.67. The second-order valence-electron chi connectivity index (χ2n) is 5.04. The highest BCUT2D eigenvalue weighted by Crippen LogP contribution is 2.25. The number of pyridine rings is 1. The summed E-state index contributed by atoms with van der Waals surface area (Å²) < 4.78 is 2.03. The van der Waals surface area contributed by atoms with E-state index in [1.165, 1.54) is 0 Å². The molecule has 0 saturated carbocycles. The molecular weight excluding hydrogens is 214 g/mol. The Balaban J connectivity index is 2.76. The third-order valence-corrected chi connectivity index (χ3v) is 2.76. The Morgan fingerprint density at radius 1 is 1.41 bits per heavy atom. The highest BCUT2D eigenvalue weighted by atomic mass is 16.1. The molecule has 0 aliphatic heterocycles. The van der Waals surface area contributed by atoms with Gasteiger partial charge in [-0.05, 0) is 32.9 Å². The average molecular weight is 231 g/mol. The van der Waals surface area contributed by atoms with Crippen LogP contribution in [0.15, 0.2) is 24.5 Å². The maximum absolute atomic E-state index is 11.8. The Kier molecular flexibility index (Phi) is 2.65. The minimum absolute atomic E-state index is 0.0778. The Hall–Kier alpha value is -1.84. The first-order valence-electron chi connectivity index (χ1n) is 5.64. The molecule has 0 radical (unpaired) electrons. The van der Waals surface area contributed by atoms with Gasteiger partial charge in [-0.2, -0.15) is 0 Å². The van der Waals surface area contributed by atoms with E-state index >= 15 is 0 Å². The van der Waals surface area contributed by atoms with E-state index in [0.29, 0.717) is 5.56 Å². The van der Waals surface area contributed by atoms with E-state index in [1.807, 2.05) is 22.9 Å². The van der Waals surface area contributed by atoms with Gasteiger partial charge in [0.15, 0.2) is 0 Å². The number of carbonyl (C=O) groups excluding carboxylic acids is 1. The van der Waals surface area contributed by atoms with Crippen molar-refractivity contribution in [3.05, 3.63) is 30.1 Å². The van der Waals surface area contributed by atoms with Gasteiger partial charge in [-0.25, -0.2) is 4.98 Å². The van der Waals surface area contributed by atoms with Crippen LogP contribution in [0.5, 0.6) is 0 Å². The molecule has 0 bridgehead atoms. The summed E-state index contributed by atoms with van der Waals surface area (Å²) in [4.78, 5) is 16.2. The molecule has 4 heteroatoms. The molecule has 1 amide bonds. The zero-order valence-electron chi connectivity index (χ0n) is 10.6. The summed E-state index contributed by atoms with van der Waals surface area (Å²) in [6.45, 7) is 6.28. The largest absolute Gasteiger partial charge is 0.355 e. The first kappa shape index (κ1) is 11.6. The fourth-order valence-electron chi connectivity index (χ4n) is 1.89. The van der Waals surface area contributed by atoms with Crippen LogP contribution in [-0.4, -0.2) is 22.5 Å². The number of hydrogen-bond donors (Lipinski definition) is 1. The molecule has 2 heterocycles. The molecule has 0 aliphatic carbocycles. The van der Waals surface area contributed by atoms with Gasteiger partial charge in [-0.15, -0.1) is 0 Å². The minimum Gasteiger partial charge on any atom is -0.355 e. The van der Waals surface area contributed by atoms with Crippen molar-refractivity contribution < 1.29 is 4.79 Å². The lowest BCUT2D eigenvalue weighted by Crippen LogP contribution is -2.21. The Morgan fingerprint density at radius 3 is 2.71 bits per heavy atom. The van der Waals surface area contributed by atoms with Crippen molar-refractivity contribution in [2.24, 2.45) is 0 Å². The predicted octanol–water partition coefficient (Wildman–Crippen LogP) is 2.15. The second kappa shape index (κ2) is 3.87. The summed E-state index contributed by atoms with van der Waals surface area (Å²) in [6, 6.07) is 3.77. The Bertz CT molecular complexity index is 564. The molecule has 2 aromatic rings. The molecule has 0 atom stereocenters. The molecule has 0 aliphatic rings. The molecule has 0 saturated heterocycles. The van der Waals surface area contributed by atoms with Crippen LogP contribution in [-0.2, 0) is 5.54 Å². The second-order valence-corrected chi connectivity index (χ2v) is 5.04. The Labute approximate surface area is 101 Å². The van der Waals surface area contributed by atoms with E-state index in [9.17, 15) is 4.79 Å². The van der Waals surface area contributed by atoms with Crippen LogP contribution in [0.2, 0.25) is 0 Å². The number of fused-ring (bicyclic) bond motifs is 1. The zero-order valence-corrected chi connectivity index (χ0v) is 10.6. The van der Waals surface area contributed by atoms with E-state index in [0.717, 1.165) is 11.0 Å². The van der Waals surface area contributed by atoms with Crippen LogP contribution in [0.3, 0.4) is 0 Å². The topological polar surface area (TPSA) is 46.9 Å². The summed E-state index contributed by atoms with van der Waals surface area (Å²) in [5, 5.41) is 3.55. The number of rotatable bonds is 1. The molecule has 2 aromatic heterocycles. The summed E-state index contributed by atoms with van der Waals surface area (Å²) in [7, 11) is 1.64. The number of amides is 1. The van der Waals surface area contributed by atoms with Crippen LogP contribution in [0.1, 0.15) is 31.1 Å². The standard InChI is InChI=1S/C13H17N3O/c1-13(2,3)16-8-10(12(17)14-4)9-6-5-7-15-11(9)16/h5-8H,1-4H3,(H,14,17). The van der Waals surface area contributed by atoms with Crippen molar-refractivity contribution in [2.45, 2.75) is 26.3 Å². The maximum Gasteiger partial charge on any atom is 0.253 e. The molecule has 2 rings (SSSR count). The molecule has 4 nitrogen and oxygen atoms in total. The molecule has 0 fully saturated rings. The molecule has 0 unspecified atom stereocenters. The van der Waals surface area contributed by atoms with Crippen molar-refractivity contribution in [3.8, 4) is 0 Å². The first-order chi connectivity index (χ1) is 7.95. The number of carbonyl (C=O) groups is 1. The summed E-state index contributed by atoms with van der Waals surface area (Å²) >= 11 is 0. The van der Waals surface area contributed by atoms with Gasteiger partial charge in [0.2, 0.25) is 0 Å². The van der Waals surface area contributed by atoms with Crippen LogP contribution >= 0.6 is 0 Å². The molecular formula is C13H17N3O. The van der Waals surface area contributed by atoms with Crippen molar-refractivity contribution in [3.63, 3.8) is 0 Å². The van der Waals surface area contributed by atoms with E-state index < -0.39 is 0 Å². The lowest BCUT2D eigenvalue weighted by Gasteiger charge is -2.21. The summed E-state index contributed by atoms with van der Waals surface area (Å²) in [6.07, 6.45) is 3.62. The van der Waals surface area contributed by atoms with Gasteiger partial charge >= 0.3 is 0 Å². The van der Waals surface area contributed by atoms with Crippen LogP contribution in [0.25, 0.3) is 11.0 Å². The fraction of sp³-hybridized carbons (Fsp3) is 0.385. The van der Waals surface area contributed by atoms with Crippen LogP contribution in [0.4, 0.5) is 0 Å². The van der Waals surface area contributed by atoms with Gasteiger partial charge < -0.3 is 9.88 Å². The Morgan fingerprint density at radius 2 is 2.12 bits per heavy atom. The number of nitrogens with zero attached hydrogens (tertiary/aromatic N) is 2. The quantitative estimate of drug-likeness (QED) is 0.817. The van der Waals surface area contributed by atoms with E-state index in [2.05, 4.69) is 31.1 Å². The van der Waals surface area contributed by atoms with Crippen molar-refractivity contribution in [1.29, 1.82) is 0 Å². The third-order valence-electron chi connectivity index (χ3n) is 2.76. The highest BCUT2D eigenvalue weighted by Gasteiger charge is 2.21. The van der Waals surface area contributed by atoms with Crippen LogP contribution < -0.4 is 5.32 Å². The summed E-state index contributed by atoms with van der Waals surface area (Å²) in [5.74, 6) is -0.0778. The van der Waals surface area contributed by atoms with Gasteiger partial charge in [-0.1, -0.05) is 0 Å². The maximum atomic E-state index is 11.8. The molecule has 1 N–H and O–H groups in total. The SMILES string of the molecule is CNC(=O)c1cn(C(C)(C)C)c2ncccc12. The predicted molar refractivity (Wildman–Crippen MR) is 68.1 cm³/mol. The highest BCUT2D eigenvalue weighted by molar-refractivity contribution is 6.06. The molecule has 17 heavy (non-hydrogen) atoms. The van der Waals surface area contributed by atoms with Crippen molar-refractivity contribution in [2.75, 3.05) is 7.05 Å².